The third-order valence-electron chi connectivity index (χ3n) is 5.19. The van der Waals surface area contributed by atoms with E-state index < -0.39 is 0 Å². The van der Waals surface area contributed by atoms with E-state index in [0.717, 1.165) is 16.8 Å². The van der Waals surface area contributed by atoms with Gasteiger partial charge in [0.25, 0.3) is 5.91 Å². The van der Waals surface area contributed by atoms with E-state index in [1.54, 1.807) is 44.6 Å². The van der Waals surface area contributed by atoms with E-state index in [4.69, 9.17) is 21.1 Å². The first-order valence-corrected chi connectivity index (χ1v) is 12.3. The zero-order valence-electron chi connectivity index (χ0n) is 19.9. The quantitative estimate of drug-likeness (QED) is 0.186. The number of aromatic nitrogens is 3. The lowest BCUT2D eigenvalue weighted by Crippen LogP contribution is -2.20. The second-order valence-corrected chi connectivity index (χ2v) is 9.05. The largest absolute Gasteiger partial charge is 0.497 e. The molecule has 0 saturated carbocycles. The minimum atomic E-state index is -0.282. The number of halogens is 1. The van der Waals surface area contributed by atoms with Gasteiger partial charge in [-0.3, -0.25) is 9.36 Å². The maximum Gasteiger partial charge on any atom is 0.250 e. The van der Waals surface area contributed by atoms with Gasteiger partial charge in [-0.15, -0.1) is 10.2 Å². The maximum atomic E-state index is 12.5. The molecule has 0 spiro atoms. The van der Waals surface area contributed by atoms with Crippen molar-refractivity contribution in [3.05, 3.63) is 82.9 Å². The topological polar surface area (TPSA) is 90.6 Å². The van der Waals surface area contributed by atoms with Crippen molar-refractivity contribution in [3.63, 3.8) is 0 Å². The lowest BCUT2D eigenvalue weighted by atomic mass is 10.2. The molecule has 4 aromatic rings. The summed E-state index contributed by atoms with van der Waals surface area (Å²) in [4.78, 5) is 12.5. The zero-order chi connectivity index (χ0) is 25.5. The second kappa shape index (κ2) is 11.7. The first kappa shape index (κ1) is 25.3. The Hall–Kier alpha value is -3.82. The molecule has 4 rings (SSSR count). The Morgan fingerprint density at radius 2 is 1.81 bits per heavy atom. The standard InChI is InChI=1S/C26H24ClN5O3S/c1-17-4-11-21(12-5-17)32-25(18-6-9-20(27)10-7-18)30-31-26(32)36-16-24(33)29-28-15-19-8-13-22(34-2)14-23(19)35-3/h4-15H,16H2,1-3H3,(H,29,33)/b28-15-. The Labute approximate surface area is 218 Å². The third-order valence-corrected chi connectivity index (χ3v) is 6.37. The summed E-state index contributed by atoms with van der Waals surface area (Å²) in [6, 6.07) is 20.7. The van der Waals surface area contributed by atoms with Gasteiger partial charge >= 0.3 is 0 Å². The number of aryl methyl sites for hydroxylation is 1. The fourth-order valence-electron chi connectivity index (χ4n) is 3.34. The fourth-order valence-corrected chi connectivity index (χ4v) is 4.21. The van der Waals surface area contributed by atoms with Crippen molar-refractivity contribution in [1.29, 1.82) is 0 Å². The molecule has 0 bridgehead atoms. The normalized spacial score (nSPS) is 11.0. The van der Waals surface area contributed by atoms with Crippen LogP contribution in [0.1, 0.15) is 11.1 Å². The number of carbonyl (C=O) groups excluding carboxylic acids is 1. The van der Waals surface area contributed by atoms with Crippen molar-refractivity contribution in [2.45, 2.75) is 12.1 Å². The lowest BCUT2D eigenvalue weighted by Gasteiger charge is -2.11. The minimum absolute atomic E-state index is 0.0989. The van der Waals surface area contributed by atoms with Gasteiger partial charge in [-0.2, -0.15) is 5.10 Å². The summed E-state index contributed by atoms with van der Waals surface area (Å²) in [6.45, 7) is 2.03. The Kier molecular flexibility index (Phi) is 8.24. The van der Waals surface area contributed by atoms with Gasteiger partial charge < -0.3 is 9.47 Å². The Bertz CT molecular complexity index is 1370. The summed E-state index contributed by atoms with van der Waals surface area (Å²) < 4.78 is 12.5. The van der Waals surface area contributed by atoms with E-state index in [0.29, 0.717) is 33.1 Å². The number of nitrogens with zero attached hydrogens (tertiary/aromatic N) is 4. The fraction of sp³-hybridized carbons (Fsp3) is 0.154. The SMILES string of the molecule is COc1ccc(/C=N\NC(=O)CSc2nnc(-c3ccc(Cl)cc3)n2-c2ccc(C)cc2)c(OC)c1. The summed E-state index contributed by atoms with van der Waals surface area (Å²) in [5, 5.41) is 14.0. The average Bonchev–Trinajstić information content (AvgIpc) is 3.32. The first-order valence-electron chi connectivity index (χ1n) is 10.9. The van der Waals surface area contributed by atoms with Crippen molar-refractivity contribution in [2.24, 2.45) is 5.10 Å². The maximum absolute atomic E-state index is 12.5. The predicted molar refractivity (Wildman–Crippen MR) is 143 cm³/mol. The Morgan fingerprint density at radius 3 is 2.50 bits per heavy atom. The number of thioether (sulfide) groups is 1. The summed E-state index contributed by atoms with van der Waals surface area (Å²) >= 11 is 7.33. The van der Waals surface area contributed by atoms with Gasteiger partial charge in [0.1, 0.15) is 11.5 Å². The molecule has 1 heterocycles. The van der Waals surface area contributed by atoms with Gasteiger partial charge in [0.05, 0.1) is 26.2 Å². The van der Waals surface area contributed by atoms with E-state index in [1.165, 1.54) is 18.0 Å². The number of hydrazone groups is 1. The summed E-state index contributed by atoms with van der Waals surface area (Å²) in [7, 11) is 3.14. The molecule has 0 aliphatic rings. The number of hydrogen-bond acceptors (Lipinski definition) is 7. The first-order chi connectivity index (χ1) is 17.5. The average molecular weight is 522 g/mol. The highest BCUT2D eigenvalue weighted by molar-refractivity contribution is 7.99. The van der Waals surface area contributed by atoms with Crippen LogP contribution in [0.4, 0.5) is 0 Å². The second-order valence-electron chi connectivity index (χ2n) is 7.67. The number of methoxy groups -OCH3 is 2. The van der Waals surface area contributed by atoms with Crippen LogP contribution in [0.25, 0.3) is 17.1 Å². The lowest BCUT2D eigenvalue weighted by molar-refractivity contribution is -0.118. The molecule has 0 unspecified atom stereocenters. The Morgan fingerprint density at radius 1 is 1.06 bits per heavy atom. The summed E-state index contributed by atoms with van der Waals surface area (Å²) in [6.07, 6.45) is 1.52. The zero-order valence-corrected chi connectivity index (χ0v) is 21.5. The molecule has 36 heavy (non-hydrogen) atoms. The van der Waals surface area contributed by atoms with Crippen molar-refractivity contribution in [1.82, 2.24) is 20.2 Å². The van der Waals surface area contributed by atoms with Gasteiger partial charge in [-0.25, -0.2) is 5.43 Å². The van der Waals surface area contributed by atoms with Gasteiger partial charge in [-0.1, -0.05) is 41.1 Å². The van der Waals surface area contributed by atoms with Crippen molar-refractivity contribution < 1.29 is 14.3 Å². The van der Waals surface area contributed by atoms with Crippen LogP contribution in [-0.4, -0.2) is 46.9 Å². The number of ether oxygens (including phenoxy) is 2. The molecule has 0 fully saturated rings. The molecule has 184 valence electrons. The van der Waals surface area contributed by atoms with E-state index >= 15 is 0 Å². The van der Waals surface area contributed by atoms with Crippen molar-refractivity contribution in [2.75, 3.05) is 20.0 Å². The van der Waals surface area contributed by atoms with Crippen LogP contribution >= 0.6 is 23.4 Å². The summed E-state index contributed by atoms with van der Waals surface area (Å²) in [5.41, 5.74) is 6.14. The van der Waals surface area contributed by atoms with Crippen LogP contribution in [0.3, 0.4) is 0 Å². The molecule has 1 aromatic heterocycles. The van der Waals surface area contributed by atoms with E-state index in [2.05, 4.69) is 20.7 Å². The number of rotatable bonds is 9. The number of hydrogen-bond donors (Lipinski definition) is 1. The van der Waals surface area contributed by atoms with Gasteiger partial charge in [-0.05, 0) is 55.5 Å². The van der Waals surface area contributed by atoms with Crippen LogP contribution in [0.15, 0.2) is 77.0 Å². The van der Waals surface area contributed by atoms with E-state index in [1.807, 2.05) is 47.9 Å². The van der Waals surface area contributed by atoms with Crippen molar-refractivity contribution >= 4 is 35.5 Å². The predicted octanol–water partition coefficient (Wildman–Crippen LogP) is 5.16. The number of benzene rings is 3. The smallest absolute Gasteiger partial charge is 0.250 e. The number of nitrogens with one attached hydrogen (secondary N) is 1. The molecule has 0 atom stereocenters. The van der Waals surface area contributed by atoms with Crippen LogP contribution < -0.4 is 14.9 Å². The van der Waals surface area contributed by atoms with E-state index in [9.17, 15) is 4.79 Å². The highest BCUT2D eigenvalue weighted by Crippen LogP contribution is 2.29. The molecule has 8 nitrogen and oxygen atoms in total. The minimum Gasteiger partial charge on any atom is -0.497 e. The number of carbonyl (C=O) groups is 1. The molecule has 1 amide bonds. The van der Waals surface area contributed by atoms with Crippen LogP contribution in [0, 0.1) is 6.92 Å². The molecule has 0 aliphatic carbocycles. The summed E-state index contributed by atoms with van der Waals surface area (Å²) in [5.74, 6) is 1.72. The van der Waals surface area contributed by atoms with Crippen LogP contribution in [-0.2, 0) is 4.79 Å². The Balaban J connectivity index is 1.49. The highest BCUT2D eigenvalue weighted by Gasteiger charge is 2.17. The van der Waals surface area contributed by atoms with Gasteiger partial charge in [0.2, 0.25) is 0 Å². The molecule has 0 radical (unpaired) electrons. The van der Waals surface area contributed by atoms with Gasteiger partial charge in [0, 0.05) is 27.9 Å². The van der Waals surface area contributed by atoms with E-state index in [-0.39, 0.29) is 11.7 Å². The highest BCUT2D eigenvalue weighted by atomic mass is 35.5. The molecule has 1 N–H and O–H groups in total. The monoisotopic (exact) mass is 521 g/mol. The van der Waals surface area contributed by atoms with Gasteiger partial charge in [0.15, 0.2) is 11.0 Å². The molecular weight excluding hydrogens is 498 g/mol. The molecule has 3 aromatic carbocycles. The van der Waals surface area contributed by atoms with Crippen LogP contribution in [0.2, 0.25) is 5.02 Å². The molecule has 0 aliphatic heterocycles. The van der Waals surface area contributed by atoms with Crippen LogP contribution in [0.5, 0.6) is 11.5 Å². The molecule has 10 heteroatoms. The molecular formula is C26H24ClN5O3S. The third kappa shape index (κ3) is 6.05. The molecule has 0 saturated heterocycles. The van der Waals surface area contributed by atoms with Crippen molar-refractivity contribution in [3.8, 4) is 28.6 Å². The number of amides is 1.